The molecule has 0 atom stereocenters. The van der Waals surface area contributed by atoms with Crippen molar-refractivity contribution in [3.8, 4) is 11.5 Å². The molecule has 168 valence electrons. The van der Waals surface area contributed by atoms with Crippen LogP contribution in [-0.4, -0.2) is 53.5 Å². The average Bonchev–Trinajstić information content (AvgIpc) is 3.56. The van der Waals surface area contributed by atoms with Gasteiger partial charge in [0, 0.05) is 49.7 Å². The first-order valence-corrected chi connectivity index (χ1v) is 12.1. The Hall–Kier alpha value is -2.51. The number of benzene rings is 1. The van der Waals surface area contributed by atoms with Crippen molar-refractivity contribution in [3.63, 3.8) is 0 Å². The van der Waals surface area contributed by atoms with Gasteiger partial charge in [0.25, 0.3) is 5.89 Å². The fraction of sp³-hybridized carbons (Fsp3) is 0.560. The molecule has 1 aliphatic carbocycles. The van der Waals surface area contributed by atoms with Gasteiger partial charge in [-0.1, -0.05) is 16.8 Å². The van der Waals surface area contributed by atoms with Gasteiger partial charge < -0.3 is 19.5 Å². The molecule has 0 unspecified atom stereocenters. The lowest BCUT2D eigenvalue weighted by atomic mass is 10.0. The molecular formula is C25H31N5O2. The number of hydrogen-bond donors (Lipinski definition) is 1. The largest absolute Gasteiger partial charge is 0.381 e. The van der Waals surface area contributed by atoms with Gasteiger partial charge in [-0.25, -0.2) is 4.98 Å². The highest BCUT2D eigenvalue weighted by Gasteiger charge is 2.31. The van der Waals surface area contributed by atoms with E-state index in [2.05, 4.69) is 46.6 Å². The Kier molecular flexibility index (Phi) is 5.31. The maximum Gasteiger partial charge on any atom is 0.261 e. The summed E-state index contributed by atoms with van der Waals surface area (Å²) in [5.74, 6) is 2.88. The molecular weight excluding hydrogens is 402 g/mol. The van der Waals surface area contributed by atoms with E-state index in [9.17, 15) is 0 Å². The first-order valence-electron chi connectivity index (χ1n) is 12.1. The molecule has 0 amide bonds. The number of piperidine rings is 1. The molecule has 2 aromatic heterocycles. The standard InChI is InChI=1S/C25H31N5O2/c1-16-2-5-22-18(14-16)15-21(25-28-23(29-32-25)17-3-4-17)24(27-22)30-10-6-19(7-11-30)26-20-8-12-31-13-9-20/h2,5,14-15,17,19-20,26H,3-4,6-13H2,1H3. The lowest BCUT2D eigenvalue weighted by Crippen LogP contribution is -2.48. The Morgan fingerprint density at radius 2 is 1.72 bits per heavy atom. The fourth-order valence-electron chi connectivity index (χ4n) is 4.99. The summed E-state index contributed by atoms with van der Waals surface area (Å²) < 4.78 is 11.2. The maximum absolute atomic E-state index is 5.73. The van der Waals surface area contributed by atoms with Crippen LogP contribution >= 0.6 is 0 Å². The van der Waals surface area contributed by atoms with E-state index in [0.717, 1.165) is 92.9 Å². The normalized spacial score (nSPS) is 20.8. The van der Waals surface area contributed by atoms with Crippen molar-refractivity contribution in [2.24, 2.45) is 0 Å². The van der Waals surface area contributed by atoms with Crippen LogP contribution in [0.1, 0.15) is 55.8 Å². The fourth-order valence-corrected chi connectivity index (χ4v) is 4.99. The van der Waals surface area contributed by atoms with Gasteiger partial charge in [-0.2, -0.15) is 4.98 Å². The second-order valence-electron chi connectivity index (χ2n) is 9.60. The van der Waals surface area contributed by atoms with Crippen LogP contribution in [0.5, 0.6) is 0 Å². The zero-order valence-corrected chi connectivity index (χ0v) is 18.7. The van der Waals surface area contributed by atoms with Crippen molar-refractivity contribution in [2.45, 2.75) is 63.5 Å². The molecule has 6 rings (SSSR count). The Morgan fingerprint density at radius 1 is 0.938 bits per heavy atom. The van der Waals surface area contributed by atoms with Crippen LogP contribution in [0.3, 0.4) is 0 Å². The third-order valence-corrected chi connectivity index (χ3v) is 7.05. The van der Waals surface area contributed by atoms with E-state index in [4.69, 9.17) is 19.2 Å². The van der Waals surface area contributed by atoms with E-state index in [1.807, 2.05) is 0 Å². The summed E-state index contributed by atoms with van der Waals surface area (Å²) in [5, 5.41) is 9.25. The van der Waals surface area contributed by atoms with Crippen molar-refractivity contribution in [3.05, 3.63) is 35.7 Å². The van der Waals surface area contributed by atoms with E-state index in [1.54, 1.807) is 0 Å². The molecule has 2 saturated heterocycles. The van der Waals surface area contributed by atoms with Crippen LogP contribution in [0.2, 0.25) is 0 Å². The Labute approximate surface area is 188 Å². The summed E-state index contributed by atoms with van der Waals surface area (Å²) in [6, 6.07) is 9.75. The van der Waals surface area contributed by atoms with Crippen LogP contribution < -0.4 is 10.2 Å². The summed E-state index contributed by atoms with van der Waals surface area (Å²) in [6.45, 7) is 5.83. The molecule has 1 N–H and O–H groups in total. The molecule has 1 aromatic carbocycles. The molecule has 0 radical (unpaired) electrons. The summed E-state index contributed by atoms with van der Waals surface area (Å²) in [4.78, 5) is 12.2. The monoisotopic (exact) mass is 433 g/mol. The summed E-state index contributed by atoms with van der Waals surface area (Å²) >= 11 is 0. The lowest BCUT2D eigenvalue weighted by molar-refractivity contribution is 0.0738. The number of pyridine rings is 1. The molecule has 3 aromatic rings. The summed E-state index contributed by atoms with van der Waals surface area (Å²) in [6.07, 6.45) is 6.79. The molecule has 0 spiro atoms. The smallest absolute Gasteiger partial charge is 0.261 e. The van der Waals surface area contributed by atoms with Gasteiger partial charge in [0.2, 0.25) is 0 Å². The van der Waals surface area contributed by atoms with Crippen molar-refractivity contribution >= 4 is 16.7 Å². The van der Waals surface area contributed by atoms with Gasteiger partial charge in [0.05, 0.1) is 11.1 Å². The Balaban J connectivity index is 1.27. The van der Waals surface area contributed by atoms with Crippen LogP contribution in [0, 0.1) is 6.92 Å². The van der Waals surface area contributed by atoms with Gasteiger partial charge in [-0.3, -0.25) is 0 Å². The van der Waals surface area contributed by atoms with Gasteiger partial charge >= 0.3 is 0 Å². The number of fused-ring (bicyclic) bond motifs is 1. The SMILES string of the molecule is Cc1ccc2nc(N3CCC(NC4CCOCC4)CC3)c(-c3nc(C4CC4)no3)cc2c1. The van der Waals surface area contributed by atoms with Gasteiger partial charge in [0.15, 0.2) is 5.82 Å². The molecule has 7 heteroatoms. The van der Waals surface area contributed by atoms with Crippen LogP contribution in [0.4, 0.5) is 5.82 Å². The van der Waals surface area contributed by atoms with Crippen LogP contribution in [0.25, 0.3) is 22.4 Å². The summed E-state index contributed by atoms with van der Waals surface area (Å²) in [7, 11) is 0. The highest BCUT2D eigenvalue weighted by atomic mass is 16.5. The summed E-state index contributed by atoms with van der Waals surface area (Å²) in [5.41, 5.74) is 3.19. The number of hydrogen-bond acceptors (Lipinski definition) is 7. The quantitative estimate of drug-likeness (QED) is 0.646. The second-order valence-corrected chi connectivity index (χ2v) is 9.60. The maximum atomic E-state index is 5.73. The van der Waals surface area contributed by atoms with Gasteiger partial charge in [0.1, 0.15) is 5.82 Å². The van der Waals surface area contributed by atoms with E-state index < -0.39 is 0 Å². The van der Waals surface area contributed by atoms with Crippen molar-refractivity contribution in [1.29, 1.82) is 0 Å². The van der Waals surface area contributed by atoms with E-state index in [1.165, 1.54) is 5.56 Å². The van der Waals surface area contributed by atoms with Crippen molar-refractivity contribution in [2.75, 3.05) is 31.2 Å². The molecule has 7 nitrogen and oxygen atoms in total. The van der Waals surface area contributed by atoms with Crippen molar-refractivity contribution < 1.29 is 9.26 Å². The minimum atomic E-state index is 0.471. The Bertz CT molecular complexity index is 1090. The number of nitrogens with one attached hydrogen (secondary N) is 1. The topological polar surface area (TPSA) is 76.3 Å². The number of ether oxygens (including phenoxy) is 1. The predicted molar refractivity (Wildman–Crippen MR) is 124 cm³/mol. The molecule has 4 heterocycles. The molecule has 0 bridgehead atoms. The predicted octanol–water partition coefficient (Wildman–Crippen LogP) is 4.21. The average molecular weight is 434 g/mol. The number of aryl methyl sites for hydroxylation is 1. The first kappa shape index (κ1) is 20.1. The number of aromatic nitrogens is 3. The van der Waals surface area contributed by atoms with Crippen LogP contribution in [-0.2, 0) is 4.74 Å². The third-order valence-electron chi connectivity index (χ3n) is 7.05. The zero-order chi connectivity index (χ0) is 21.5. The first-order chi connectivity index (χ1) is 15.7. The molecule has 2 aliphatic heterocycles. The lowest BCUT2D eigenvalue weighted by Gasteiger charge is -2.36. The van der Waals surface area contributed by atoms with Crippen LogP contribution in [0.15, 0.2) is 28.8 Å². The molecule has 3 aliphatic rings. The molecule has 3 fully saturated rings. The third kappa shape index (κ3) is 4.11. The highest BCUT2D eigenvalue weighted by Crippen LogP contribution is 2.40. The van der Waals surface area contributed by atoms with Gasteiger partial charge in [-0.15, -0.1) is 0 Å². The number of anilines is 1. The van der Waals surface area contributed by atoms with Crippen molar-refractivity contribution in [1.82, 2.24) is 20.4 Å². The zero-order valence-electron chi connectivity index (χ0n) is 18.7. The second kappa shape index (κ2) is 8.45. The molecule has 1 saturated carbocycles. The minimum Gasteiger partial charge on any atom is -0.381 e. The minimum absolute atomic E-state index is 0.471. The number of nitrogens with zero attached hydrogens (tertiary/aromatic N) is 4. The molecule has 32 heavy (non-hydrogen) atoms. The van der Waals surface area contributed by atoms with Gasteiger partial charge in [-0.05, 0) is 63.6 Å². The van der Waals surface area contributed by atoms with E-state index >= 15 is 0 Å². The van der Waals surface area contributed by atoms with E-state index in [0.29, 0.717) is 23.9 Å². The number of rotatable bonds is 5. The highest BCUT2D eigenvalue weighted by molar-refractivity contribution is 5.88. The Morgan fingerprint density at radius 3 is 2.50 bits per heavy atom. The van der Waals surface area contributed by atoms with E-state index in [-0.39, 0.29) is 0 Å².